The average Bonchev–Trinajstić information content (AvgIpc) is 2.19. The lowest BCUT2D eigenvalue weighted by Gasteiger charge is -2.03. The Balaban J connectivity index is 0.000000423. The lowest BCUT2D eigenvalue weighted by molar-refractivity contribution is -0.115. The third-order valence-corrected chi connectivity index (χ3v) is 1.36. The number of benzene rings is 1. The summed E-state index contributed by atoms with van der Waals surface area (Å²) < 4.78 is 5.38. The molecule has 0 bridgehead atoms. The lowest BCUT2D eigenvalue weighted by Crippen LogP contribution is -2.15. The summed E-state index contributed by atoms with van der Waals surface area (Å²) in [6, 6.07) is 9.82. The van der Waals surface area contributed by atoms with Gasteiger partial charge in [-0.15, -0.1) is 0 Å². The van der Waals surface area contributed by atoms with Crippen molar-refractivity contribution >= 4 is 5.91 Å². The monoisotopic (exact) mass is 210 g/mol. The van der Waals surface area contributed by atoms with Crippen molar-refractivity contribution < 1.29 is 9.53 Å². The zero-order chi connectivity index (χ0) is 11.5. The van der Waals surface area contributed by atoms with Crippen molar-refractivity contribution in [2.45, 2.75) is 6.92 Å². The molecule has 0 radical (unpaired) electrons. The number of para-hydroxylation sites is 1. The number of nitrogens with two attached hydrogens (primary N) is 1. The molecule has 0 saturated carbocycles. The van der Waals surface area contributed by atoms with Crippen molar-refractivity contribution in [3.63, 3.8) is 0 Å². The van der Waals surface area contributed by atoms with Crippen LogP contribution in [0, 0.1) is 0 Å². The Kier molecular flexibility index (Phi) is 8.09. The SMILES string of the molecule is CC(N)=O.CNCCOc1ccccc1. The topological polar surface area (TPSA) is 64.4 Å². The number of hydrogen-bond donors (Lipinski definition) is 2. The molecule has 0 aliphatic rings. The first-order chi connectivity index (χ1) is 7.16. The van der Waals surface area contributed by atoms with E-state index in [0.717, 1.165) is 18.9 Å². The summed E-state index contributed by atoms with van der Waals surface area (Å²) in [5, 5.41) is 3.01. The number of nitrogens with one attached hydrogen (secondary N) is 1. The second kappa shape index (κ2) is 9.02. The highest BCUT2D eigenvalue weighted by Crippen LogP contribution is 2.06. The molecule has 0 heterocycles. The molecule has 1 aromatic rings. The highest BCUT2D eigenvalue weighted by atomic mass is 16.5. The molecular formula is C11H18N2O2. The standard InChI is InChI=1S/C9H13NO.C2H5NO/c1-10-7-8-11-9-5-3-2-4-6-9;1-2(3)4/h2-6,10H,7-8H2,1H3;1H3,(H2,3,4). The highest BCUT2D eigenvalue weighted by Gasteiger charge is 1.87. The van der Waals surface area contributed by atoms with Gasteiger partial charge in [-0.2, -0.15) is 0 Å². The summed E-state index contributed by atoms with van der Waals surface area (Å²) in [7, 11) is 1.91. The van der Waals surface area contributed by atoms with Crippen LogP contribution >= 0.6 is 0 Å². The van der Waals surface area contributed by atoms with E-state index in [-0.39, 0.29) is 5.91 Å². The molecule has 4 heteroatoms. The van der Waals surface area contributed by atoms with Crippen LogP contribution in [0.3, 0.4) is 0 Å². The molecule has 0 aliphatic heterocycles. The lowest BCUT2D eigenvalue weighted by atomic mass is 10.3. The van der Waals surface area contributed by atoms with E-state index in [9.17, 15) is 4.79 Å². The molecular weight excluding hydrogens is 192 g/mol. The number of carbonyl (C=O) groups excluding carboxylic acids is 1. The van der Waals surface area contributed by atoms with E-state index in [1.54, 1.807) is 0 Å². The fourth-order valence-electron chi connectivity index (χ4n) is 0.788. The van der Waals surface area contributed by atoms with Crippen LogP contribution in [0.2, 0.25) is 0 Å². The minimum absolute atomic E-state index is 0.333. The van der Waals surface area contributed by atoms with Crippen LogP contribution < -0.4 is 15.8 Å². The third kappa shape index (κ3) is 10.4. The van der Waals surface area contributed by atoms with Gasteiger partial charge >= 0.3 is 0 Å². The van der Waals surface area contributed by atoms with E-state index in [2.05, 4.69) is 11.1 Å². The van der Waals surface area contributed by atoms with E-state index in [0.29, 0.717) is 0 Å². The van der Waals surface area contributed by atoms with E-state index >= 15 is 0 Å². The molecule has 0 aliphatic carbocycles. The molecule has 0 unspecified atom stereocenters. The first-order valence-electron chi connectivity index (χ1n) is 4.75. The van der Waals surface area contributed by atoms with Crippen LogP contribution in [0.15, 0.2) is 30.3 Å². The third-order valence-electron chi connectivity index (χ3n) is 1.36. The number of hydrogen-bond acceptors (Lipinski definition) is 3. The smallest absolute Gasteiger partial charge is 0.214 e. The molecule has 3 N–H and O–H groups in total. The second-order valence-corrected chi connectivity index (χ2v) is 2.88. The Hall–Kier alpha value is -1.55. The average molecular weight is 210 g/mol. The van der Waals surface area contributed by atoms with Gasteiger partial charge in [0.15, 0.2) is 0 Å². The predicted molar refractivity (Wildman–Crippen MR) is 60.7 cm³/mol. The van der Waals surface area contributed by atoms with Crippen molar-refractivity contribution in [1.29, 1.82) is 0 Å². The molecule has 84 valence electrons. The zero-order valence-corrected chi connectivity index (χ0v) is 9.19. The number of carbonyl (C=O) groups is 1. The Morgan fingerprint density at radius 3 is 2.40 bits per heavy atom. The maximum atomic E-state index is 9.22. The number of likely N-dealkylation sites (N-methyl/N-ethyl adjacent to an activating group) is 1. The Morgan fingerprint density at radius 1 is 1.40 bits per heavy atom. The van der Waals surface area contributed by atoms with E-state index < -0.39 is 0 Å². The summed E-state index contributed by atoms with van der Waals surface area (Å²) in [6.45, 7) is 2.91. The van der Waals surface area contributed by atoms with Crippen molar-refractivity contribution in [2.75, 3.05) is 20.2 Å². The minimum atomic E-state index is -0.333. The molecule has 0 saturated heterocycles. The molecule has 0 atom stereocenters. The fourth-order valence-corrected chi connectivity index (χ4v) is 0.788. The summed E-state index contributed by atoms with van der Waals surface area (Å²) >= 11 is 0. The van der Waals surface area contributed by atoms with Gasteiger partial charge in [0.1, 0.15) is 12.4 Å². The van der Waals surface area contributed by atoms with E-state index in [4.69, 9.17) is 4.74 Å². The van der Waals surface area contributed by atoms with Crippen LogP contribution in [0.4, 0.5) is 0 Å². The number of rotatable bonds is 4. The quantitative estimate of drug-likeness (QED) is 0.722. The van der Waals surface area contributed by atoms with Gasteiger partial charge in [-0.05, 0) is 19.2 Å². The van der Waals surface area contributed by atoms with Crippen LogP contribution in [-0.2, 0) is 4.79 Å². The minimum Gasteiger partial charge on any atom is -0.492 e. The van der Waals surface area contributed by atoms with Crippen LogP contribution in [-0.4, -0.2) is 26.1 Å². The number of ether oxygens (including phenoxy) is 1. The van der Waals surface area contributed by atoms with Gasteiger partial charge in [0.2, 0.25) is 5.91 Å². The molecule has 1 rings (SSSR count). The van der Waals surface area contributed by atoms with Gasteiger partial charge < -0.3 is 15.8 Å². The van der Waals surface area contributed by atoms with Crippen molar-refractivity contribution in [3.8, 4) is 5.75 Å². The van der Waals surface area contributed by atoms with Crippen molar-refractivity contribution in [2.24, 2.45) is 5.73 Å². The van der Waals surface area contributed by atoms with Crippen LogP contribution in [0.5, 0.6) is 5.75 Å². The first-order valence-corrected chi connectivity index (χ1v) is 4.75. The predicted octanol–water partition coefficient (Wildman–Crippen LogP) is 0.776. The molecule has 0 aromatic heterocycles. The van der Waals surface area contributed by atoms with Gasteiger partial charge in [-0.1, -0.05) is 18.2 Å². The zero-order valence-electron chi connectivity index (χ0n) is 9.19. The second-order valence-electron chi connectivity index (χ2n) is 2.88. The normalized spacial score (nSPS) is 8.67. The van der Waals surface area contributed by atoms with Gasteiger partial charge in [-0.3, -0.25) is 4.79 Å². The number of primary amides is 1. The summed E-state index contributed by atoms with van der Waals surface area (Å²) in [6.07, 6.45) is 0. The Labute approximate surface area is 90.4 Å². The van der Waals surface area contributed by atoms with E-state index in [1.807, 2.05) is 37.4 Å². The van der Waals surface area contributed by atoms with E-state index in [1.165, 1.54) is 6.92 Å². The molecule has 0 fully saturated rings. The van der Waals surface area contributed by atoms with Crippen LogP contribution in [0.1, 0.15) is 6.92 Å². The number of amides is 1. The van der Waals surface area contributed by atoms with Crippen molar-refractivity contribution in [3.05, 3.63) is 30.3 Å². The molecule has 0 spiro atoms. The molecule has 1 amide bonds. The first kappa shape index (κ1) is 13.4. The summed E-state index contributed by atoms with van der Waals surface area (Å²) in [5.74, 6) is 0.600. The Bertz CT molecular complexity index is 259. The van der Waals surface area contributed by atoms with Gasteiger partial charge in [-0.25, -0.2) is 0 Å². The van der Waals surface area contributed by atoms with Gasteiger partial charge in [0, 0.05) is 13.5 Å². The van der Waals surface area contributed by atoms with Gasteiger partial charge in [0.05, 0.1) is 0 Å². The molecule has 1 aromatic carbocycles. The molecule has 15 heavy (non-hydrogen) atoms. The summed E-state index contributed by atoms with van der Waals surface area (Å²) in [4.78, 5) is 9.22. The van der Waals surface area contributed by atoms with Crippen LogP contribution in [0.25, 0.3) is 0 Å². The highest BCUT2D eigenvalue weighted by molar-refractivity contribution is 5.70. The maximum Gasteiger partial charge on any atom is 0.214 e. The van der Waals surface area contributed by atoms with Gasteiger partial charge in [0.25, 0.3) is 0 Å². The maximum absolute atomic E-state index is 9.22. The van der Waals surface area contributed by atoms with Crippen molar-refractivity contribution in [1.82, 2.24) is 5.32 Å². The molecule has 4 nitrogen and oxygen atoms in total. The Morgan fingerprint density at radius 2 is 1.93 bits per heavy atom. The summed E-state index contributed by atoms with van der Waals surface area (Å²) in [5.41, 5.74) is 4.47. The fraction of sp³-hybridized carbons (Fsp3) is 0.364. The largest absolute Gasteiger partial charge is 0.492 e.